The molecular weight excluding hydrogens is 422 g/mol. The van der Waals surface area contributed by atoms with Gasteiger partial charge in [-0.15, -0.1) is 12.4 Å². The van der Waals surface area contributed by atoms with E-state index in [-0.39, 0.29) is 18.3 Å². The zero-order valence-electron chi connectivity index (χ0n) is 18.3. The van der Waals surface area contributed by atoms with Gasteiger partial charge in [0, 0.05) is 30.0 Å². The number of carbonyl (C=O) groups excluding carboxylic acids is 1. The van der Waals surface area contributed by atoms with Crippen LogP contribution in [0.1, 0.15) is 35.3 Å². The average molecular weight is 454 g/mol. The second-order valence-electron chi connectivity index (χ2n) is 7.18. The van der Waals surface area contributed by atoms with Crippen LogP contribution in [0.2, 0.25) is 0 Å². The highest BCUT2D eigenvalue weighted by molar-refractivity contribution is 7.92. The predicted molar refractivity (Wildman–Crippen MR) is 128 cm³/mol. The molecule has 2 rings (SSSR count). The number of likely N-dealkylation sites (N-methyl/N-ethyl adjacent to an activating group) is 1. The van der Waals surface area contributed by atoms with Crippen LogP contribution in [0.25, 0.3) is 0 Å². The summed E-state index contributed by atoms with van der Waals surface area (Å²) >= 11 is 0. The van der Waals surface area contributed by atoms with Gasteiger partial charge in [-0.3, -0.25) is 9.52 Å². The van der Waals surface area contributed by atoms with E-state index in [1.165, 1.54) is 0 Å². The number of para-hydroxylation sites is 1. The fourth-order valence-electron chi connectivity index (χ4n) is 3.38. The van der Waals surface area contributed by atoms with Crippen molar-refractivity contribution in [2.75, 3.05) is 42.1 Å². The van der Waals surface area contributed by atoms with Crippen LogP contribution in [0.3, 0.4) is 0 Å². The second-order valence-corrected chi connectivity index (χ2v) is 8.92. The van der Waals surface area contributed by atoms with E-state index in [0.717, 1.165) is 42.7 Å². The Morgan fingerprint density at radius 3 is 1.93 bits per heavy atom. The van der Waals surface area contributed by atoms with Crippen molar-refractivity contribution in [3.8, 4) is 0 Å². The summed E-state index contributed by atoms with van der Waals surface area (Å²) in [5, 5.41) is 0. The van der Waals surface area contributed by atoms with Gasteiger partial charge in [-0.1, -0.05) is 32.0 Å². The summed E-state index contributed by atoms with van der Waals surface area (Å²) in [5.74, 6) is -0.0968. The molecule has 0 heterocycles. The molecule has 1 amide bonds. The molecular formula is C22H32ClN3O3S. The lowest BCUT2D eigenvalue weighted by molar-refractivity contribution is 0.0983. The first kappa shape index (κ1) is 25.9. The van der Waals surface area contributed by atoms with Crippen LogP contribution < -0.4 is 9.62 Å². The van der Waals surface area contributed by atoms with Gasteiger partial charge >= 0.3 is 0 Å². The molecule has 8 heteroatoms. The standard InChI is InChI=1S/C22H31N3O3S.ClH/c1-6-24(7-2)15-16-25(21-17(3)9-8-10-18(21)4)22(26)19-11-13-20(14-12-19)23-29(5,27)28;/h8-14,23H,6-7,15-16H2,1-5H3;1H. The molecule has 0 aliphatic rings. The van der Waals surface area contributed by atoms with Crippen molar-refractivity contribution < 1.29 is 13.2 Å². The molecule has 0 spiro atoms. The Morgan fingerprint density at radius 1 is 0.933 bits per heavy atom. The Morgan fingerprint density at radius 2 is 1.47 bits per heavy atom. The summed E-state index contributed by atoms with van der Waals surface area (Å²) in [5.41, 5.74) is 3.99. The number of hydrogen-bond acceptors (Lipinski definition) is 4. The first-order valence-electron chi connectivity index (χ1n) is 9.84. The van der Waals surface area contributed by atoms with E-state index in [1.807, 2.05) is 36.9 Å². The largest absolute Gasteiger partial charge is 0.307 e. The van der Waals surface area contributed by atoms with Gasteiger partial charge < -0.3 is 9.80 Å². The molecule has 0 radical (unpaired) electrons. The van der Waals surface area contributed by atoms with Crippen molar-refractivity contribution in [3.05, 3.63) is 59.2 Å². The number of aryl methyl sites for hydroxylation is 2. The minimum absolute atomic E-state index is 0. The Balaban J connectivity index is 0.00000450. The van der Waals surface area contributed by atoms with Crippen molar-refractivity contribution in [2.24, 2.45) is 0 Å². The number of nitrogens with one attached hydrogen (secondary N) is 1. The Bertz CT molecular complexity index is 922. The third kappa shape index (κ3) is 7.00. The minimum Gasteiger partial charge on any atom is -0.307 e. The molecule has 2 aromatic rings. The predicted octanol–water partition coefficient (Wildman–Crippen LogP) is 4.09. The zero-order valence-corrected chi connectivity index (χ0v) is 19.9. The van der Waals surface area contributed by atoms with Crippen molar-refractivity contribution in [2.45, 2.75) is 27.7 Å². The van der Waals surface area contributed by atoms with Crippen molar-refractivity contribution in [3.63, 3.8) is 0 Å². The molecule has 0 saturated heterocycles. The SMILES string of the molecule is CCN(CC)CCN(C(=O)c1ccc(NS(C)(=O)=O)cc1)c1c(C)cccc1C.Cl. The lowest BCUT2D eigenvalue weighted by Crippen LogP contribution is -2.39. The van der Waals surface area contributed by atoms with Crippen LogP contribution in [0.5, 0.6) is 0 Å². The van der Waals surface area contributed by atoms with E-state index >= 15 is 0 Å². The second kappa shape index (κ2) is 11.3. The van der Waals surface area contributed by atoms with Gasteiger partial charge in [0.1, 0.15) is 0 Å². The molecule has 6 nitrogen and oxygen atoms in total. The minimum atomic E-state index is -3.36. The summed E-state index contributed by atoms with van der Waals surface area (Å²) in [4.78, 5) is 17.5. The molecule has 0 unspecified atom stereocenters. The first-order valence-corrected chi connectivity index (χ1v) is 11.7. The number of nitrogens with zero attached hydrogens (tertiary/aromatic N) is 2. The van der Waals surface area contributed by atoms with Gasteiger partial charge in [-0.25, -0.2) is 8.42 Å². The van der Waals surface area contributed by atoms with Gasteiger partial charge in [-0.2, -0.15) is 0 Å². The molecule has 0 fully saturated rings. The quantitative estimate of drug-likeness (QED) is 0.620. The van der Waals surface area contributed by atoms with Crippen LogP contribution in [0, 0.1) is 13.8 Å². The summed E-state index contributed by atoms with van der Waals surface area (Å²) in [6.45, 7) is 11.5. The molecule has 0 aromatic heterocycles. The van der Waals surface area contributed by atoms with Crippen LogP contribution >= 0.6 is 12.4 Å². The van der Waals surface area contributed by atoms with Crippen molar-refractivity contribution in [1.82, 2.24) is 4.90 Å². The van der Waals surface area contributed by atoms with Crippen LogP contribution in [0.4, 0.5) is 11.4 Å². The molecule has 0 saturated carbocycles. The molecule has 0 bridgehead atoms. The van der Waals surface area contributed by atoms with Gasteiger partial charge in [-0.05, 0) is 62.3 Å². The summed E-state index contributed by atoms with van der Waals surface area (Å²) in [6.07, 6.45) is 1.10. The maximum Gasteiger partial charge on any atom is 0.258 e. The van der Waals surface area contributed by atoms with E-state index in [0.29, 0.717) is 17.8 Å². The highest BCUT2D eigenvalue weighted by Crippen LogP contribution is 2.26. The monoisotopic (exact) mass is 453 g/mol. The van der Waals surface area contributed by atoms with Crippen molar-refractivity contribution in [1.29, 1.82) is 0 Å². The number of anilines is 2. The molecule has 30 heavy (non-hydrogen) atoms. The first-order chi connectivity index (χ1) is 13.7. The molecule has 0 atom stereocenters. The van der Waals surface area contributed by atoms with Crippen LogP contribution in [0.15, 0.2) is 42.5 Å². The Kier molecular flexibility index (Phi) is 9.81. The summed E-state index contributed by atoms with van der Waals surface area (Å²) in [7, 11) is -3.36. The third-order valence-electron chi connectivity index (χ3n) is 4.92. The maximum atomic E-state index is 13.4. The third-order valence-corrected chi connectivity index (χ3v) is 5.53. The highest BCUT2D eigenvalue weighted by atomic mass is 35.5. The van der Waals surface area contributed by atoms with E-state index in [1.54, 1.807) is 24.3 Å². The summed E-state index contributed by atoms with van der Waals surface area (Å²) < 4.78 is 25.2. The lowest BCUT2D eigenvalue weighted by atomic mass is 10.1. The normalized spacial score (nSPS) is 11.1. The van der Waals surface area contributed by atoms with Crippen LogP contribution in [-0.2, 0) is 10.0 Å². The zero-order chi connectivity index (χ0) is 21.6. The Labute approximate surface area is 186 Å². The average Bonchev–Trinajstić information content (AvgIpc) is 2.66. The fourth-order valence-corrected chi connectivity index (χ4v) is 3.94. The lowest BCUT2D eigenvalue weighted by Gasteiger charge is -2.29. The summed E-state index contributed by atoms with van der Waals surface area (Å²) in [6, 6.07) is 12.6. The number of hydrogen-bond donors (Lipinski definition) is 1. The molecule has 0 aliphatic heterocycles. The number of halogens is 1. The van der Waals surface area contributed by atoms with Crippen molar-refractivity contribution >= 4 is 39.7 Å². The number of sulfonamides is 1. The number of benzene rings is 2. The molecule has 1 N–H and O–H groups in total. The number of carbonyl (C=O) groups is 1. The Hall–Kier alpha value is -2.09. The van der Waals surface area contributed by atoms with Gasteiger partial charge in [0.05, 0.1) is 6.26 Å². The van der Waals surface area contributed by atoms with E-state index in [4.69, 9.17) is 0 Å². The van der Waals surface area contributed by atoms with Crippen LogP contribution in [-0.4, -0.2) is 51.7 Å². The van der Waals surface area contributed by atoms with Gasteiger partial charge in [0.25, 0.3) is 5.91 Å². The van der Waals surface area contributed by atoms with Gasteiger partial charge in [0.15, 0.2) is 0 Å². The highest BCUT2D eigenvalue weighted by Gasteiger charge is 2.21. The smallest absolute Gasteiger partial charge is 0.258 e. The van der Waals surface area contributed by atoms with Gasteiger partial charge in [0.2, 0.25) is 10.0 Å². The van der Waals surface area contributed by atoms with E-state index in [9.17, 15) is 13.2 Å². The fraction of sp³-hybridized carbons (Fsp3) is 0.409. The molecule has 0 aliphatic carbocycles. The maximum absolute atomic E-state index is 13.4. The number of amides is 1. The van der Waals surface area contributed by atoms with E-state index < -0.39 is 10.0 Å². The van der Waals surface area contributed by atoms with E-state index in [2.05, 4.69) is 23.5 Å². The topological polar surface area (TPSA) is 69.7 Å². The molecule has 166 valence electrons. The molecule has 2 aromatic carbocycles. The number of rotatable bonds is 9.